The molecule has 7 N–H and O–H groups in total. The molecule has 2 atom stereocenters. The van der Waals surface area contributed by atoms with Crippen molar-refractivity contribution in [3.8, 4) is 0 Å². The van der Waals surface area contributed by atoms with Crippen molar-refractivity contribution in [2.45, 2.75) is 18.5 Å². The molecular weight excluding hydrogens is 206 g/mol. The zero-order valence-corrected chi connectivity index (χ0v) is 7.84. The standard InChI is InChI=1S/C7H13N3O5/c8-3(1-5(12)13)7(15)10-4(2-11)6(9)14/h3-4,11H,1-2,8H2,(H2,9,14)(H,10,15)(H,12,13)/t3-,4-/m0/s1. The van der Waals surface area contributed by atoms with Gasteiger partial charge >= 0.3 is 5.97 Å². The number of amides is 2. The summed E-state index contributed by atoms with van der Waals surface area (Å²) in [6.07, 6.45) is -0.567. The highest BCUT2D eigenvalue weighted by molar-refractivity contribution is 5.90. The van der Waals surface area contributed by atoms with Gasteiger partial charge in [-0.15, -0.1) is 0 Å². The molecule has 86 valence electrons. The molecule has 8 nitrogen and oxygen atoms in total. The molecule has 0 bridgehead atoms. The molecule has 0 aromatic carbocycles. The number of hydrogen-bond acceptors (Lipinski definition) is 5. The first-order chi connectivity index (χ1) is 6.88. The summed E-state index contributed by atoms with van der Waals surface area (Å²) in [5.74, 6) is -3.01. The molecule has 8 heteroatoms. The topological polar surface area (TPSA) is 156 Å². The molecule has 0 fully saturated rings. The minimum Gasteiger partial charge on any atom is -0.481 e. The first-order valence-corrected chi connectivity index (χ1v) is 4.06. The molecule has 0 unspecified atom stereocenters. The van der Waals surface area contributed by atoms with Crippen LogP contribution in [-0.4, -0.2) is 46.7 Å². The molecule has 0 saturated heterocycles. The number of aliphatic carboxylic acids is 1. The van der Waals surface area contributed by atoms with Crippen LogP contribution in [0.5, 0.6) is 0 Å². The summed E-state index contributed by atoms with van der Waals surface area (Å²) in [5, 5.41) is 19.0. The highest BCUT2D eigenvalue weighted by Crippen LogP contribution is 1.90. The van der Waals surface area contributed by atoms with Crippen LogP contribution in [0.2, 0.25) is 0 Å². The van der Waals surface area contributed by atoms with E-state index in [4.69, 9.17) is 21.7 Å². The van der Waals surface area contributed by atoms with Crippen LogP contribution >= 0.6 is 0 Å². The highest BCUT2D eigenvalue weighted by atomic mass is 16.4. The molecule has 0 spiro atoms. The predicted octanol–water partition coefficient (Wildman–Crippen LogP) is -3.25. The summed E-state index contributed by atoms with van der Waals surface area (Å²) < 4.78 is 0. The molecule has 0 radical (unpaired) electrons. The van der Waals surface area contributed by atoms with E-state index in [-0.39, 0.29) is 0 Å². The van der Waals surface area contributed by atoms with E-state index < -0.39 is 42.9 Å². The number of carboxylic acids is 1. The number of carboxylic acid groups (broad SMARTS) is 1. The molecule has 0 aromatic rings. The summed E-state index contributed by atoms with van der Waals surface area (Å²) in [6.45, 7) is -0.666. The predicted molar refractivity (Wildman–Crippen MR) is 48.4 cm³/mol. The summed E-state index contributed by atoms with van der Waals surface area (Å²) in [4.78, 5) is 31.9. The van der Waals surface area contributed by atoms with E-state index in [2.05, 4.69) is 0 Å². The summed E-state index contributed by atoms with van der Waals surface area (Å²) >= 11 is 0. The normalized spacial score (nSPS) is 14.0. The monoisotopic (exact) mass is 219 g/mol. The maximum absolute atomic E-state index is 11.1. The second-order valence-electron chi connectivity index (χ2n) is 2.85. The molecule has 0 rings (SSSR count). The Hall–Kier alpha value is -1.67. The lowest BCUT2D eigenvalue weighted by molar-refractivity contribution is -0.139. The summed E-state index contributed by atoms with van der Waals surface area (Å²) in [5.41, 5.74) is 10.0. The van der Waals surface area contributed by atoms with E-state index in [1.807, 2.05) is 5.32 Å². The number of carbonyl (C=O) groups excluding carboxylic acids is 2. The van der Waals surface area contributed by atoms with Gasteiger partial charge < -0.3 is 27.0 Å². The van der Waals surface area contributed by atoms with Gasteiger partial charge in [-0.3, -0.25) is 14.4 Å². The molecule has 0 heterocycles. The molecule has 15 heavy (non-hydrogen) atoms. The van der Waals surface area contributed by atoms with E-state index in [1.165, 1.54) is 0 Å². The number of primary amides is 1. The summed E-state index contributed by atoms with van der Waals surface area (Å²) in [7, 11) is 0. The molecule has 0 aliphatic carbocycles. The molecule has 0 aliphatic rings. The van der Waals surface area contributed by atoms with Crippen LogP contribution in [-0.2, 0) is 14.4 Å². The average Bonchev–Trinajstić information content (AvgIpc) is 2.11. The van der Waals surface area contributed by atoms with Crippen molar-refractivity contribution in [1.82, 2.24) is 5.32 Å². The lowest BCUT2D eigenvalue weighted by atomic mass is 10.2. The fourth-order valence-corrected chi connectivity index (χ4v) is 0.766. The number of aliphatic hydroxyl groups excluding tert-OH is 1. The van der Waals surface area contributed by atoms with E-state index in [9.17, 15) is 14.4 Å². The van der Waals surface area contributed by atoms with Gasteiger partial charge in [0.1, 0.15) is 6.04 Å². The van der Waals surface area contributed by atoms with Crippen molar-refractivity contribution in [3.05, 3.63) is 0 Å². The third kappa shape index (κ3) is 4.93. The molecular formula is C7H13N3O5. The maximum atomic E-state index is 11.1. The Bertz CT molecular complexity index is 267. The van der Waals surface area contributed by atoms with Gasteiger partial charge in [0.05, 0.1) is 19.1 Å². The second-order valence-corrected chi connectivity index (χ2v) is 2.85. The average molecular weight is 219 g/mol. The van der Waals surface area contributed by atoms with Crippen LogP contribution in [0, 0.1) is 0 Å². The number of nitrogens with two attached hydrogens (primary N) is 2. The van der Waals surface area contributed by atoms with Crippen molar-refractivity contribution in [2.75, 3.05) is 6.61 Å². The zero-order chi connectivity index (χ0) is 12.0. The Morgan fingerprint density at radius 3 is 2.20 bits per heavy atom. The van der Waals surface area contributed by atoms with Gasteiger partial charge in [0.15, 0.2) is 0 Å². The van der Waals surface area contributed by atoms with Gasteiger partial charge in [-0.2, -0.15) is 0 Å². The van der Waals surface area contributed by atoms with Crippen LogP contribution in [0.3, 0.4) is 0 Å². The fourth-order valence-electron chi connectivity index (χ4n) is 0.766. The van der Waals surface area contributed by atoms with Crippen molar-refractivity contribution in [2.24, 2.45) is 11.5 Å². The third-order valence-electron chi connectivity index (χ3n) is 1.57. The van der Waals surface area contributed by atoms with E-state index in [0.717, 1.165) is 0 Å². The zero-order valence-electron chi connectivity index (χ0n) is 7.84. The smallest absolute Gasteiger partial charge is 0.305 e. The van der Waals surface area contributed by atoms with Crippen molar-refractivity contribution >= 4 is 17.8 Å². The van der Waals surface area contributed by atoms with Gasteiger partial charge in [0.2, 0.25) is 11.8 Å². The Labute approximate surface area is 85.2 Å². The van der Waals surface area contributed by atoms with Gasteiger partial charge in [-0.25, -0.2) is 0 Å². The Morgan fingerprint density at radius 2 is 1.87 bits per heavy atom. The number of nitrogens with one attached hydrogen (secondary N) is 1. The van der Waals surface area contributed by atoms with Gasteiger partial charge in [0, 0.05) is 0 Å². The van der Waals surface area contributed by atoms with Crippen LogP contribution in [0.15, 0.2) is 0 Å². The Kier molecular flexibility index (Phi) is 5.27. The van der Waals surface area contributed by atoms with Crippen molar-refractivity contribution in [1.29, 1.82) is 0 Å². The largest absolute Gasteiger partial charge is 0.481 e. The van der Waals surface area contributed by atoms with Crippen LogP contribution in [0.4, 0.5) is 0 Å². The molecule has 2 amide bonds. The van der Waals surface area contributed by atoms with Crippen LogP contribution in [0.1, 0.15) is 6.42 Å². The maximum Gasteiger partial charge on any atom is 0.305 e. The van der Waals surface area contributed by atoms with Gasteiger partial charge in [-0.1, -0.05) is 0 Å². The van der Waals surface area contributed by atoms with E-state index >= 15 is 0 Å². The Balaban J connectivity index is 4.21. The van der Waals surface area contributed by atoms with Gasteiger partial charge in [-0.05, 0) is 0 Å². The van der Waals surface area contributed by atoms with Crippen LogP contribution < -0.4 is 16.8 Å². The second kappa shape index (κ2) is 5.94. The number of rotatable bonds is 6. The van der Waals surface area contributed by atoms with Crippen LogP contribution in [0.25, 0.3) is 0 Å². The van der Waals surface area contributed by atoms with E-state index in [0.29, 0.717) is 0 Å². The SMILES string of the molecule is NC(=O)[C@H](CO)NC(=O)[C@@H](N)CC(=O)O. The number of hydrogen-bond donors (Lipinski definition) is 5. The van der Waals surface area contributed by atoms with Gasteiger partial charge in [0.25, 0.3) is 0 Å². The molecule has 0 aliphatic heterocycles. The van der Waals surface area contributed by atoms with Crippen molar-refractivity contribution < 1.29 is 24.6 Å². The molecule has 0 saturated carbocycles. The number of carbonyl (C=O) groups is 3. The van der Waals surface area contributed by atoms with Crippen molar-refractivity contribution in [3.63, 3.8) is 0 Å². The quantitative estimate of drug-likeness (QED) is 0.316. The lowest BCUT2D eigenvalue weighted by Gasteiger charge is -2.15. The minimum atomic E-state index is -1.28. The lowest BCUT2D eigenvalue weighted by Crippen LogP contribution is -2.52. The third-order valence-corrected chi connectivity index (χ3v) is 1.57. The first kappa shape index (κ1) is 13.3. The highest BCUT2D eigenvalue weighted by Gasteiger charge is 2.22. The minimum absolute atomic E-state index is 0.567. The molecule has 0 aromatic heterocycles. The van der Waals surface area contributed by atoms with E-state index in [1.54, 1.807) is 0 Å². The first-order valence-electron chi connectivity index (χ1n) is 4.06. The fraction of sp³-hybridized carbons (Fsp3) is 0.571. The number of aliphatic hydroxyl groups is 1. The summed E-state index contributed by atoms with van der Waals surface area (Å²) in [6, 6.07) is -2.53. The Morgan fingerprint density at radius 1 is 1.33 bits per heavy atom.